The summed E-state index contributed by atoms with van der Waals surface area (Å²) < 4.78 is 22.4. The minimum absolute atomic E-state index is 0.192. The van der Waals surface area contributed by atoms with Crippen molar-refractivity contribution in [2.75, 3.05) is 31.8 Å². The Morgan fingerprint density at radius 1 is 0.842 bits per heavy atom. The number of rotatable bonds is 10. The average Bonchev–Trinajstić information content (AvgIpc) is 2.90. The maximum Gasteiger partial charge on any atom is 0.335 e. The van der Waals surface area contributed by atoms with Crippen LogP contribution in [0.1, 0.15) is 18.1 Å². The van der Waals surface area contributed by atoms with Crippen LogP contribution < -0.4 is 29.2 Å². The van der Waals surface area contributed by atoms with E-state index in [-0.39, 0.29) is 12.2 Å². The molecule has 0 saturated carbocycles. The molecular formula is C29H28N2O7. The predicted octanol–water partition coefficient (Wildman–Crippen LogP) is 4.53. The maximum absolute atomic E-state index is 13.2. The molecule has 4 amide bonds. The first-order valence-corrected chi connectivity index (χ1v) is 12.0. The molecular weight excluding hydrogens is 488 g/mol. The van der Waals surface area contributed by atoms with Crippen LogP contribution in [0.25, 0.3) is 6.08 Å². The summed E-state index contributed by atoms with van der Waals surface area (Å²) in [6.45, 7) is 4.84. The van der Waals surface area contributed by atoms with Gasteiger partial charge in [0.15, 0.2) is 11.5 Å². The lowest BCUT2D eigenvalue weighted by Crippen LogP contribution is -2.54. The molecule has 0 aromatic heterocycles. The van der Waals surface area contributed by atoms with Gasteiger partial charge in [-0.15, -0.1) is 0 Å². The molecule has 1 N–H and O–H groups in total. The number of carbonyl (C=O) groups excluding carboxylic acids is 3. The van der Waals surface area contributed by atoms with Crippen LogP contribution in [-0.2, 0) is 9.59 Å². The lowest BCUT2D eigenvalue weighted by atomic mass is 10.1. The van der Waals surface area contributed by atoms with E-state index in [9.17, 15) is 14.4 Å². The number of nitrogens with zero attached hydrogens (tertiary/aromatic N) is 1. The van der Waals surface area contributed by atoms with E-state index in [0.29, 0.717) is 41.7 Å². The molecule has 0 radical (unpaired) electrons. The average molecular weight is 517 g/mol. The Labute approximate surface area is 220 Å². The molecule has 1 aliphatic heterocycles. The molecule has 38 heavy (non-hydrogen) atoms. The van der Waals surface area contributed by atoms with Crippen LogP contribution >= 0.6 is 0 Å². The summed E-state index contributed by atoms with van der Waals surface area (Å²) in [5.41, 5.74) is 1.74. The molecule has 1 heterocycles. The zero-order chi connectivity index (χ0) is 27.1. The monoisotopic (exact) mass is 516 g/mol. The minimum atomic E-state index is -0.825. The Bertz CT molecular complexity index is 1370. The van der Waals surface area contributed by atoms with E-state index in [4.69, 9.17) is 18.9 Å². The molecule has 0 spiro atoms. The molecule has 0 unspecified atom stereocenters. The number of amides is 4. The van der Waals surface area contributed by atoms with Crippen molar-refractivity contribution in [1.29, 1.82) is 0 Å². The summed E-state index contributed by atoms with van der Waals surface area (Å²) in [4.78, 5) is 39.1. The summed E-state index contributed by atoms with van der Waals surface area (Å²) in [5.74, 6) is 0.753. The fourth-order valence-electron chi connectivity index (χ4n) is 3.81. The van der Waals surface area contributed by atoms with Gasteiger partial charge in [0.25, 0.3) is 11.8 Å². The number of hydrogen-bond donors (Lipinski definition) is 1. The number of nitrogens with one attached hydrogen (secondary N) is 1. The van der Waals surface area contributed by atoms with Gasteiger partial charge in [0, 0.05) is 0 Å². The zero-order valence-corrected chi connectivity index (χ0v) is 21.4. The highest BCUT2D eigenvalue weighted by atomic mass is 16.5. The highest BCUT2D eigenvalue weighted by Crippen LogP contribution is 2.30. The lowest BCUT2D eigenvalue weighted by molar-refractivity contribution is -0.122. The third-order valence-electron chi connectivity index (χ3n) is 5.61. The van der Waals surface area contributed by atoms with E-state index in [1.165, 1.54) is 13.2 Å². The van der Waals surface area contributed by atoms with Gasteiger partial charge in [0.2, 0.25) is 0 Å². The zero-order valence-electron chi connectivity index (χ0n) is 21.4. The summed E-state index contributed by atoms with van der Waals surface area (Å²) in [6.07, 6.45) is 1.41. The number of urea groups is 1. The lowest BCUT2D eigenvalue weighted by Gasteiger charge is -2.26. The van der Waals surface area contributed by atoms with Crippen molar-refractivity contribution >= 4 is 29.6 Å². The maximum atomic E-state index is 13.2. The van der Waals surface area contributed by atoms with Crippen molar-refractivity contribution in [3.05, 3.63) is 83.4 Å². The molecule has 9 heteroatoms. The van der Waals surface area contributed by atoms with Crippen molar-refractivity contribution in [2.45, 2.75) is 13.8 Å². The SMILES string of the molecule is CCOc1cc(/C=C2/C(=O)NC(=O)N(c3ccc(OC)cc3)C2=O)ccc1OCCOc1cccc(C)c1. The Morgan fingerprint density at radius 2 is 1.61 bits per heavy atom. The number of aryl methyl sites for hydroxylation is 1. The molecule has 0 bridgehead atoms. The predicted molar refractivity (Wildman–Crippen MR) is 142 cm³/mol. The second-order valence-electron chi connectivity index (χ2n) is 8.31. The van der Waals surface area contributed by atoms with Crippen LogP contribution in [0.2, 0.25) is 0 Å². The van der Waals surface area contributed by atoms with E-state index >= 15 is 0 Å². The van der Waals surface area contributed by atoms with Crippen molar-refractivity contribution in [2.24, 2.45) is 0 Å². The van der Waals surface area contributed by atoms with Crippen LogP contribution in [0.4, 0.5) is 10.5 Å². The highest BCUT2D eigenvalue weighted by molar-refractivity contribution is 6.39. The van der Waals surface area contributed by atoms with E-state index < -0.39 is 17.8 Å². The highest BCUT2D eigenvalue weighted by Gasteiger charge is 2.36. The molecule has 4 rings (SSSR count). The molecule has 0 aliphatic carbocycles. The van der Waals surface area contributed by atoms with E-state index in [0.717, 1.165) is 16.2 Å². The Hall–Kier alpha value is -4.79. The molecule has 0 atom stereocenters. The van der Waals surface area contributed by atoms with Gasteiger partial charge in [0.1, 0.15) is 30.3 Å². The van der Waals surface area contributed by atoms with Gasteiger partial charge in [-0.1, -0.05) is 18.2 Å². The summed E-state index contributed by atoms with van der Waals surface area (Å²) in [5, 5.41) is 2.22. The van der Waals surface area contributed by atoms with Crippen LogP contribution in [0.15, 0.2) is 72.3 Å². The number of imide groups is 2. The van der Waals surface area contributed by atoms with Crippen molar-refractivity contribution in [1.82, 2.24) is 5.32 Å². The smallest absolute Gasteiger partial charge is 0.335 e. The molecule has 9 nitrogen and oxygen atoms in total. The largest absolute Gasteiger partial charge is 0.497 e. The molecule has 1 aliphatic rings. The number of anilines is 1. The number of hydrogen-bond acceptors (Lipinski definition) is 7. The van der Waals surface area contributed by atoms with Gasteiger partial charge >= 0.3 is 6.03 Å². The van der Waals surface area contributed by atoms with Crippen molar-refractivity contribution in [3.63, 3.8) is 0 Å². The number of methoxy groups -OCH3 is 1. The Kier molecular flexibility index (Phi) is 8.27. The topological polar surface area (TPSA) is 103 Å². The molecule has 196 valence electrons. The first-order valence-electron chi connectivity index (χ1n) is 12.0. The van der Waals surface area contributed by atoms with Gasteiger partial charge in [-0.3, -0.25) is 14.9 Å². The van der Waals surface area contributed by atoms with Crippen LogP contribution in [0, 0.1) is 6.92 Å². The first-order chi connectivity index (χ1) is 18.4. The van der Waals surface area contributed by atoms with Gasteiger partial charge < -0.3 is 18.9 Å². The quantitative estimate of drug-likeness (QED) is 0.240. The van der Waals surface area contributed by atoms with Crippen LogP contribution in [-0.4, -0.2) is 44.8 Å². The third kappa shape index (κ3) is 6.12. The van der Waals surface area contributed by atoms with Crippen LogP contribution in [0.5, 0.6) is 23.0 Å². The number of barbiturate groups is 1. The number of ether oxygens (including phenoxy) is 4. The van der Waals surface area contributed by atoms with Crippen molar-refractivity contribution < 1.29 is 33.3 Å². The summed E-state index contributed by atoms with van der Waals surface area (Å²) in [6, 6.07) is 18.3. The summed E-state index contributed by atoms with van der Waals surface area (Å²) in [7, 11) is 1.51. The minimum Gasteiger partial charge on any atom is -0.497 e. The Balaban J connectivity index is 1.50. The standard InChI is InChI=1S/C29H28N2O7/c1-4-36-26-18-20(8-13-25(26)38-15-14-37-23-7-5-6-19(2)16-23)17-24-27(32)30-29(34)31(28(24)33)21-9-11-22(35-3)12-10-21/h5-13,16-18H,4,14-15H2,1-3H3,(H,30,32,34)/b24-17-. The molecule has 1 fully saturated rings. The molecule has 1 saturated heterocycles. The van der Waals surface area contributed by atoms with E-state index in [2.05, 4.69) is 5.32 Å². The fourth-order valence-corrected chi connectivity index (χ4v) is 3.81. The van der Waals surface area contributed by atoms with E-state index in [1.54, 1.807) is 42.5 Å². The second-order valence-corrected chi connectivity index (χ2v) is 8.31. The van der Waals surface area contributed by atoms with Gasteiger partial charge in [-0.05, 0) is 79.6 Å². The van der Waals surface area contributed by atoms with E-state index in [1.807, 2.05) is 38.1 Å². The molecule has 3 aromatic rings. The van der Waals surface area contributed by atoms with Gasteiger partial charge in [0.05, 0.1) is 19.4 Å². The first kappa shape index (κ1) is 26.3. The third-order valence-corrected chi connectivity index (χ3v) is 5.61. The normalized spacial score (nSPS) is 14.3. The second kappa shape index (κ2) is 12.0. The van der Waals surface area contributed by atoms with Gasteiger partial charge in [-0.2, -0.15) is 0 Å². The number of benzene rings is 3. The molecule has 3 aromatic carbocycles. The van der Waals surface area contributed by atoms with Gasteiger partial charge in [-0.25, -0.2) is 9.69 Å². The Morgan fingerprint density at radius 3 is 2.32 bits per heavy atom. The number of carbonyl (C=O) groups is 3. The fraction of sp³-hybridized carbons (Fsp3) is 0.207. The van der Waals surface area contributed by atoms with Crippen molar-refractivity contribution in [3.8, 4) is 23.0 Å². The van der Waals surface area contributed by atoms with Crippen LogP contribution in [0.3, 0.4) is 0 Å². The summed E-state index contributed by atoms with van der Waals surface area (Å²) >= 11 is 0.